The predicted molar refractivity (Wildman–Crippen MR) is 96.7 cm³/mol. The summed E-state index contributed by atoms with van der Waals surface area (Å²) in [5, 5.41) is 0.641. The number of fused-ring (bicyclic) bond motifs is 1. The number of benzene rings is 2. The third-order valence-corrected chi connectivity index (χ3v) is 3.85. The molecule has 0 saturated heterocycles. The zero-order valence-electron chi connectivity index (χ0n) is 13.5. The first kappa shape index (κ1) is 15.0. The maximum Gasteiger partial charge on any atom is 0.261 e. The van der Waals surface area contributed by atoms with Gasteiger partial charge >= 0.3 is 0 Å². The fourth-order valence-electron chi connectivity index (χ4n) is 2.44. The molecule has 3 rings (SSSR count). The first-order valence-electron chi connectivity index (χ1n) is 7.47. The van der Waals surface area contributed by atoms with Gasteiger partial charge in [-0.15, -0.1) is 0 Å². The molecule has 4 heteroatoms. The maximum atomic E-state index is 12.4. The maximum absolute atomic E-state index is 12.4. The molecule has 116 valence electrons. The first-order chi connectivity index (χ1) is 11.1. The second-order valence-electron chi connectivity index (χ2n) is 5.67. The van der Waals surface area contributed by atoms with Crippen molar-refractivity contribution in [1.29, 1.82) is 0 Å². The molecule has 0 unspecified atom stereocenters. The van der Waals surface area contributed by atoms with Crippen LogP contribution in [-0.2, 0) is 7.05 Å². The van der Waals surface area contributed by atoms with Crippen LogP contribution in [0.1, 0.15) is 11.4 Å². The Balaban J connectivity index is 1.97. The van der Waals surface area contributed by atoms with Gasteiger partial charge in [0.05, 0.1) is 10.9 Å². The quantitative estimate of drug-likeness (QED) is 0.746. The van der Waals surface area contributed by atoms with Gasteiger partial charge < -0.3 is 4.90 Å². The van der Waals surface area contributed by atoms with Gasteiger partial charge in [-0.25, -0.2) is 4.98 Å². The Bertz CT molecular complexity index is 921. The van der Waals surface area contributed by atoms with Gasteiger partial charge in [0, 0.05) is 26.8 Å². The monoisotopic (exact) mass is 305 g/mol. The lowest BCUT2D eigenvalue weighted by Gasteiger charge is -2.11. The summed E-state index contributed by atoms with van der Waals surface area (Å²) in [5.41, 5.74) is 2.91. The zero-order chi connectivity index (χ0) is 16.4. The van der Waals surface area contributed by atoms with E-state index >= 15 is 0 Å². The fourth-order valence-corrected chi connectivity index (χ4v) is 2.44. The molecule has 1 heterocycles. The summed E-state index contributed by atoms with van der Waals surface area (Å²) in [5.74, 6) is 0.644. The highest BCUT2D eigenvalue weighted by Gasteiger charge is 2.05. The largest absolute Gasteiger partial charge is 0.378 e. The molecule has 2 aromatic carbocycles. The minimum Gasteiger partial charge on any atom is -0.378 e. The highest BCUT2D eigenvalue weighted by atomic mass is 16.1. The van der Waals surface area contributed by atoms with Crippen LogP contribution in [-0.4, -0.2) is 23.6 Å². The summed E-state index contributed by atoms with van der Waals surface area (Å²) in [4.78, 5) is 19.0. The Labute approximate surface area is 135 Å². The van der Waals surface area contributed by atoms with E-state index in [1.807, 2.05) is 56.6 Å². The number of aromatic nitrogens is 2. The third-order valence-electron chi connectivity index (χ3n) is 3.85. The third kappa shape index (κ3) is 3.01. The number of para-hydroxylation sites is 1. The van der Waals surface area contributed by atoms with Crippen LogP contribution >= 0.6 is 0 Å². The topological polar surface area (TPSA) is 38.1 Å². The molecule has 0 saturated carbocycles. The van der Waals surface area contributed by atoms with Crippen LogP contribution in [0.15, 0.2) is 53.3 Å². The molecule has 0 aliphatic rings. The van der Waals surface area contributed by atoms with E-state index in [-0.39, 0.29) is 5.56 Å². The van der Waals surface area contributed by atoms with Crippen molar-refractivity contribution in [2.75, 3.05) is 19.0 Å². The standard InChI is InChI=1S/C19H19N3O/c1-21(2)15-11-8-14(9-12-15)10-13-18-20-17-7-5-4-6-16(17)19(23)22(18)3/h4-13H,1-3H3/b13-10+. The summed E-state index contributed by atoms with van der Waals surface area (Å²) < 4.78 is 1.58. The average molecular weight is 305 g/mol. The molecule has 3 aromatic rings. The summed E-state index contributed by atoms with van der Waals surface area (Å²) in [6.07, 6.45) is 3.84. The lowest BCUT2D eigenvalue weighted by Crippen LogP contribution is -2.20. The highest BCUT2D eigenvalue weighted by Crippen LogP contribution is 2.14. The number of nitrogens with zero attached hydrogens (tertiary/aromatic N) is 3. The lowest BCUT2D eigenvalue weighted by molar-refractivity contribution is 0.828. The van der Waals surface area contributed by atoms with Crippen molar-refractivity contribution in [2.24, 2.45) is 7.05 Å². The van der Waals surface area contributed by atoms with E-state index in [0.717, 1.165) is 16.8 Å². The molecule has 0 radical (unpaired) electrons. The number of hydrogen-bond donors (Lipinski definition) is 0. The van der Waals surface area contributed by atoms with Crippen molar-refractivity contribution < 1.29 is 0 Å². The molecule has 0 bridgehead atoms. The van der Waals surface area contributed by atoms with E-state index in [0.29, 0.717) is 11.2 Å². The normalized spacial score (nSPS) is 11.3. The van der Waals surface area contributed by atoms with E-state index in [1.54, 1.807) is 17.7 Å². The molecule has 0 N–H and O–H groups in total. The van der Waals surface area contributed by atoms with Crippen molar-refractivity contribution in [3.63, 3.8) is 0 Å². The van der Waals surface area contributed by atoms with Crippen LogP contribution in [0, 0.1) is 0 Å². The van der Waals surface area contributed by atoms with Gasteiger partial charge in [-0.05, 0) is 35.9 Å². The lowest BCUT2D eigenvalue weighted by atomic mass is 10.2. The Morgan fingerprint density at radius 2 is 1.70 bits per heavy atom. The second kappa shape index (κ2) is 6.08. The minimum absolute atomic E-state index is 0.0294. The van der Waals surface area contributed by atoms with E-state index in [9.17, 15) is 4.79 Å². The number of anilines is 1. The second-order valence-corrected chi connectivity index (χ2v) is 5.67. The fraction of sp³-hybridized carbons (Fsp3) is 0.158. The average Bonchev–Trinajstić information content (AvgIpc) is 2.57. The van der Waals surface area contributed by atoms with Gasteiger partial charge in [-0.1, -0.05) is 30.3 Å². The molecule has 0 aliphatic carbocycles. The molecular formula is C19H19N3O. The Morgan fingerprint density at radius 3 is 2.39 bits per heavy atom. The van der Waals surface area contributed by atoms with Crippen LogP contribution < -0.4 is 10.5 Å². The molecular weight excluding hydrogens is 286 g/mol. The van der Waals surface area contributed by atoms with Gasteiger partial charge in [-0.2, -0.15) is 0 Å². The van der Waals surface area contributed by atoms with E-state index in [1.165, 1.54) is 0 Å². The van der Waals surface area contributed by atoms with Crippen molar-refractivity contribution in [2.45, 2.75) is 0 Å². The number of hydrogen-bond acceptors (Lipinski definition) is 3. The van der Waals surface area contributed by atoms with E-state index in [2.05, 4.69) is 22.0 Å². The zero-order valence-corrected chi connectivity index (χ0v) is 13.5. The van der Waals surface area contributed by atoms with Crippen molar-refractivity contribution in [1.82, 2.24) is 9.55 Å². The molecule has 0 spiro atoms. The van der Waals surface area contributed by atoms with Gasteiger partial charge in [0.2, 0.25) is 0 Å². The summed E-state index contributed by atoms with van der Waals surface area (Å²) in [7, 11) is 5.77. The van der Waals surface area contributed by atoms with Gasteiger partial charge in [0.1, 0.15) is 5.82 Å². The van der Waals surface area contributed by atoms with Gasteiger partial charge in [0.25, 0.3) is 5.56 Å². The predicted octanol–water partition coefficient (Wildman–Crippen LogP) is 3.17. The smallest absolute Gasteiger partial charge is 0.261 e. The molecule has 0 fully saturated rings. The Kier molecular flexibility index (Phi) is 3.98. The summed E-state index contributed by atoms with van der Waals surface area (Å²) >= 11 is 0. The summed E-state index contributed by atoms with van der Waals surface area (Å²) in [6.45, 7) is 0. The van der Waals surface area contributed by atoms with Gasteiger partial charge in [-0.3, -0.25) is 9.36 Å². The van der Waals surface area contributed by atoms with Crippen LogP contribution in [0.2, 0.25) is 0 Å². The summed E-state index contributed by atoms with van der Waals surface area (Å²) in [6, 6.07) is 15.6. The van der Waals surface area contributed by atoms with Crippen molar-refractivity contribution in [3.05, 3.63) is 70.3 Å². The van der Waals surface area contributed by atoms with Crippen LogP contribution in [0.4, 0.5) is 5.69 Å². The molecule has 23 heavy (non-hydrogen) atoms. The number of rotatable bonds is 3. The van der Waals surface area contributed by atoms with Crippen LogP contribution in [0.3, 0.4) is 0 Å². The Hall–Kier alpha value is -2.88. The van der Waals surface area contributed by atoms with Crippen molar-refractivity contribution in [3.8, 4) is 0 Å². The first-order valence-corrected chi connectivity index (χ1v) is 7.47. The van der Waals surface area contributed by atoms with Gasteiger partial charge in [0.15, 0.2) is 0 Å². The Morgan fingerprint density at radius 1 is 1.00 bits per heavy atom. The van der Waals surface area contributed by atoms with Crippen LogP contribution in [0.25, 0.3) is 23.1 Å². The molecule has 0 amide bonds. The molecule has 4 nitrogen and oxygen atoms in total. The molecule has 0 aliphatic heterocycles. The highest BCUT2D eigenvalue weighted by molar-refractivity contribution is 5.79. The molecule has 0 atom stereocenters. The van der Waals surface area contributed by atoms with Crippen LogP contribution in [0.5, 0.6) is 0 Å². The minimum atomic E-state index is -0.0294. The molecule has 1 aromatic heterocycles. The van der Waals surface area contributed by atoms with Crippen molar-refractivity contribution >= 4 is 28.7 Å². The van der Waals surface area contributed by atoms with E-state index < -0.39 is 0 Å². The SMILES string of the molecule is CN(C)c1ccc(/C=C/c2nc3ccccc3c(=O)n2C)cc1. The van der Waals surface area contributed by atoms with E-state index in [4.69, 9.17) is 0 Å².